The van der Waals surface area contributed by atoms with Crippen molar-refractivity contribution in [3.63, 3.8) is 0 Å². The quantitative estimate of drug-likeness (QED) is 0.808. The second-order valence-electron chi connectivity index (χ2n) is 6.77. The fourth-order valence-electron chi connectivity index (χ4n) is 3.08. The third-order valence-electron chi connectivity index (χ3n) is 4.45. The van der Waals surface area contributed by atoms with Crippen LogP contribution in [-0.2, 0) is 4.79 Å². The van der Waals surface area contributed by atoms with Crippen LogP contribution >= 0.6 is 0 Å². The van der Waals surface area contributed by atoms with Crippen molar-refractivity contribution < 1.29 is 15.0 Å². The summed E-state index contributed by atoms with van der Waals surface area (Å²) >= 11 is 0. The van der Waals surface area contributed by atoms with Gasteiger partial charge in [-0.15, -0.1) is 0 Å². The zero-order valence-electron chi connectivity index (χ0n) is 15.3. The van der Waals surface area contributed by atoms with Crippen LogP contribution in [0.15, 0.2) is 47.1 Å². The van der Waals surface area contributed by atoms with E-state index in [0.717, 1.165) is 22.4 Å². The number of rotatable bonds is 3. The maximum absolute atomic E-state index is 12.4. The van der Waals surface area contributed by atoms with Crippen molar-refractivity contribution in [2.24, 2.45) is 4.99 Å². The highest BCUT2D eigenvalue weighted by Gasteiger charge is 2.30. The number of amidine groups is 1. The average Bonchev–Trinajstić information content (AvgIpc) is 2.83. The molecule has 2 N–H and O–H groups in total. The molecule has 0 saturated carbocycles. The molecule has 3 rings (SSSR count). The van der Waals surface area contributed by atoms with Gasteiger partial charge >= 0.3 is 0 Å². The largest absolute Gasteiger partial charge is 0.508 e. The number of phenols is 2. The first kappa shape index (κ1) is 17.7. The van der Waals surface area contributed by atoms with Crippen LogP contribution in [0.1, 0.15) is 43.4 Å². The number of benzene rings is 2. The molecule has 0 atom stereocenters. The van der Waals surface area contributed by atoms with E-state index in [2.05, 4.69) is 4.99 Å². The zero-order valence-corrected chi connectivity index (χ0v) is 15.3. The molecule has 0 spiro atoms. The molecule has 0 aromatic heterocycles. The van der Waals surface area contributed by atoms with Gasteiger partial charge in [-0.25, -0.2) is 0 Å². The molecule has 0 bridgehead atoms. The Morgan fingerprint density at radius 3 is 2.35 bits per heavy atom. The maximum atomic E-state index is 12.4. The fourth-order valence-corrected chi connectivity index (χ4v) is 3.08. The van der Waals surface area contributed by atoms with E-state index in [0.29, 0.717) is 11.5 Å². The number of phenolic OH excluding ortho intramolecular Hbond substituents is 2. The van der Waals surface area contributed by atoms with Crippen molar-refractivity contribution in [1.82, 2.24) is 0 Å². The molecule has 0 radical (unpaired) electrons. The first-order chi connectivity index (χ1) is 12.3. The Balaban J connectivity index is 2.12. The van der Waals surface area contributed by atoms with Gasteiger partial charge in [-0.2, -0.15) is 4.99 Å². The van der Waals surface area contributed by atoms with Crippen LogP contribution in [0.4, 0.5) is 5.69 Å². The second-order valence-corrected chi connectivity index (χ2v) is 6.77. The van der Waals surface area contributed by atoms with Crippen LogP contribution in [-0.4, -0.2) is 22.0 Å². The van der Waals surface area contributed by atoms with Gasteiger partial charge in [0.1, 0.15) is 23.0 Å². The molecule has 26 heavy (non-hydrogen) atoms. The first-order valence-electron chi connectivity index (χ1n) is 8.52. The van der Waals surface area contributed by atoms with Crippen LogP contribution in [0, 0.1) is 6.92 Å². The number of aromatic hydroxyl groups is 2. The standard InChI is InChI=1S/C21H22N2O3/c1-12(2)17-11-18(13(3)9-20(17)25)23-14(4)22-21(26)19(23)10-15-5-7-16(24)8-6-15/h5-12,24-25H,1-4H3/b19-10+. The summed E-state index contributed by atoms with van der Waals surface area (Å²) in [6.07, 6.45) is 1.75. The van der Waals surface area contributed by atoms with Gasteiger partial charge in [0.25, 0.3) is 5.91 Å². The Labute approximate surface area is 152 Å². The number of aliphatic imine (C=N–C) groups is 1. The number of hydrogen-bond acceptors (Lipinski definition) is 4. The zero-order chi connectivity index (χ0) is 19.0. The van der Waals surface area contributed by atoms with E-state index < -0.39 is 0 Å². The molecule has 0 unspecified atom stereocenters. The number of carbonyl (C=O) groups is 1. The first-order valence-corrected chi connectivity index (χ1v) is 8.52. The van der Waals surface area contributed by atoms with Gasteiger partial charge in [-0.05, 0) is 66.8 Å². The summed E-state index contributed by atoms with van der Waals surface area (Å²) in [7, 11) is 0. The van der Waals surface area contributed by atoms with Crippen LogP contribution in [0.3, 0.4) is 0 Å². The van der Waals surface area contributed by atoms with E-state index in [1.165, 1.54) is 0 Å². The van der Waals surface area contributed by atoms with Crippen molar-refractivity contribution in [2.45, 2.75) is 33.6 Å². The number of aryl methyl sites for hydroxylation is 1. The molecule has 1 amide bonds. The summed E-state index contributed by atoms with van der Waals surface area (Å²) < 4.78 is 0. The van der Waals surface area contributed by atoms with E-state index in [9.17, 15) is 15.0 Å². The van der Waals surface area contributed by atoms with E-state index >= 15 is 0 Å². The van der Waals surface area contributed by atoms with E-state index in [4.69, 9.17) is 0 Å². The number of carbonyl (C=O) groups excluding carboxylic acids is 1. The molecular formula is C21H22N2O3. The molecule has 0 saturated heterocycles. The van der Waals surface area contributed by atoms with E-state index in [1.54, 1.807) is 43.3 Å². The number of nitrogens with zero attached hydrogens (tertiary/aromatic N) is 2. The summed E-state index contributed by atoms with van der Waals surface area (Å²) in [5, 5.41) is 19.7. The normalized spacial score (nSPS) is 15.9. The summed E-state index contributed by atoms with van der Waals surface area (Å²) in [6, 6.07) is 10.3. The lowest BCUT2D eigenvalue weighted by molar-refractivity contribution is -0.113. The molecule has 0 aliphatic carbocycles. The van der Waals surface area contributed by atoms with Crippen LogP contribution < -0.4 is 4.90 Å². The van der Waals surface area contributed by atoms with Gasteiger partial charge in [-0.3, -0.25) is 9.69 Å². The average molecular weight is 350 g/mol. The summed E-state index contributed by atoms with van der Waals surface area (Å²) in [5.41, 5.74) is 3.73. The van der Waals surface area contributed by atoms with Gasteiger partial charge in [0.2, 0.25) is 0 Å². The highest BCUT2D eigenvalue weighted by molar-refractivity contribution is 6.22. The highest BCUT2D eigenvalue weighted by atomic mass is 16.3. The lowest BCUT2D eigenvalue weighted by Gasteiger charge is -2.24. The molecule has 1 aliphatic heterocycles. The Morgan fingerprint density at radius 2 is 1.73 bits per heavy atom. The second kappa shape index (κ2) is 6.67. The third kappa shape index (κ3) is 3.20. The van der Waals surface area contributed by atoms with Crippen molar-refractivity contribution in [2.75, 3.05) is 4.90 Å². The van der Waals surface area contributed by atoms with Crippen molar-refractivity contribution in [1.29, 1.82) is 0 Å². The van der Waals surface area contributed by atoms with Gasteiger partial charge < -0.3 is 10.2 Å². The fraction of sp³-hybridized carbons (Fsp3) is 0.238. The Kier molecular flexibility index (Phi) is 4.55. The monoisotopic (exact) mass is 350 g/mol. The lowest BCUT2D eigenvalue weighted by atomic mass is 9.98. The number of hydrogen-bond donors (Lipinski definition) is 2. The molecular weight excluding hydrogens is 328 g/mol. The Bertz CT molecular complexity index is 925. The highest BCUT2D eigenvalue weighted by Crippen LogP contribution is 2.36. The molecule has 1 aliphatic rings. The minimum Gasteiger partial charge on any atom is -0.508 e. The predicted octanol–water partition coefficient (Wildman–Crippen LogP) is 4.34. The topological polar surface area (TPSA) is 73.1 Å². The molecule has 2 aromatic carbocycles. The molecule has 1 heterocycles. The van der Waals surface area contributed by atoms with Crippen LogP contribution in [0.25, 0.3) is 6.08 Å². The SMILES string of the molecule is CC1=NC(=O)/C(=C\c2ccc(O)cc2)N1c1cc(C(C)C)c(O)cc1C. The summed E-state index contributed by atoms with van der Waals surface area (Å²) in [6.45, 7) is 7.71. The van der Waals surface area contributed by atoms with Crippen molar-refractivity contribution in [3.05, 3.63) is 58.8 Å². The molecule has 5 nitrogen and oxygen atoms in total. The molecule has 2 aromatic rings. The van der Waals surface area contributed by atoms with Crippen LogP contribution in [0.2, 0.25) is 0 Å². The maximum Gasteiger partial charge on any atom is 0.295 e. The van der Waals surface area contributed by atoms with Crippen molar-refractivity contribution in [3.8, 4) is 11.5 Å². The van der Waals surface area contributed by atoms with E-state index in [-0.39, 0.29) is 23.3 Å². The minimum absolute atomic E-state index is 0.148. The predicted molar refractivity (Wildman–Crippen MR) is 104 cm³/mol. The van der Waals surface area contributed by atoms with Gasteiger partial charge in [-0.1, -0.05) is 26.0 Å². The number of amides is 1. The number of anilines is 1. The van der Waals surface area contributed by atoms with Gasteiger partial charge in [0, 0.05) is 0 Å². The molecule has 134 valence electrons. The summed E-state index contributed by atoms with van der Waals surface area (Å²) in [4.78, 5) is 18.4. The molecule has 0 fully saturated rings. The lowest BCUT2D eigenvalue weighted by Crippen LogP contribution is -2.25. The minimum atomic E-state index is -0.311. The Hall–Kier alpha value is -3.08. The third-order valence-corrected chi connectivity index (χ3v) is 4.45. The smallest absolute Gasteiger partial charge is 0.295 e. The van der Waals surface area contributed by atoms with Crippen LogP contribution in [0.5, 0.6) is 11.5 Å². The summed E-state index contributed by atoms with van der Waals surface area (Å²) in [5.74, 6) is 0.850. The Morgan fingerprint density at radius 1 is 1.08 bits per heavy atom. The van der Waals surface area contributed by atoms with Gasteiger partial charge in [0.05, 0.1) is 5.69 Å². The van der Waals surface area contributed by atoms with Gasteiger partial charge in [0.15, 0.2) is 0 Å². The molecule has 5 heteroatoms. The van der Waals surface area contributed by atoms with Crippen molar-refractivity contribution >= 4 is 23.5 Å². The van der Waals surface area contributed by atoms with E-state index in [1.807, 2.05) is 31.7 Å².